The lowest BCUT2D eigenvalue weighted by molar-refractivity contribution is 0.102. The maximum Gasteiger partial charge on any atom is 0.255 e. The lowest BCUT2D eigenvalue weighted by atomic mass is 10.2. The summed E-state index contributed by atoms with van der Waals surface area (Å²) >= 11 is 1.54. The fraction of sp³-hybridized carbons (Fsp3) is 0.136. The van der Waals surface area contributed by atoms with Crippen molar-refractivity contribution in [1.82, 2.24) is 0 Å². The number of methoxy groups -OCH3 is 2. The second-order valence-corrected chi connectivity index (χ2v) is 6.98. The third-order valence-corrected chi connectivity index (χ3v) is 5.17. The van der Waals surface area contributed by atoms with Crippen LogP contribution in [0.2, 0.25) is 0 Å². The molecule has 0 aromatic heterocycles. The number of carbonyl (C=O) groups is 1. The summed E-state index contributed by atoms with van der Waals surface area (Å²) < 4.78 is 24.1. The molecular formula is C22H20FNO3S. The van der Waals surface area contributed by atoms with Crippen molar-refractivity contribution in [2.75, 3.05) is 19.5 Å². The Morgan fingerprint density at radius 1 is 0.964 bits per heavy atom. The zero-order chi connectivity index (χ0) is 19.9. The number of benzene rings is 3. The van der Waals surface area contributed by atoms with E-state index in [9.17, 15) is 9.18 Å². The number of thioether (sulfide) groups is 1. The van der Waals surface area contributed by atoms with Crippen LogP contribution in [0.3, 0.4) is 0 Å². The van der Waals surface area contributed by atoms with Crippen LogP contribution in [0.1, 0.15) is 15.9 Å². The Hall–Kier alpha value is -2.99. The van der Waals surface area contributed by atoms with Crippen molar-refractivity contribution in [3.63, 3.8) is 0 Å². The minimum atomic E-state index is -0.243. The summed E-state index contributed by atoms with van der Waals surface area (Å²) in [6.07, 6.45) is 0. The molecule has 0 unspecified atom stereocenters. The predicted octanol–water partition coefficient (Wildman–Crippen LogP) is 5.39. The van der Waals surface area contributed by atoms with Crippen molar-refractivity contribution < 1.29 is 18.7 Å². The number of amides is 1. The summed E-state index contributed by atoms with van der Waals surface area (Å²) in [4.78, 5) is 13.5. The van der Waals surface area contributed by atoms with Crippen LogP contribution in [0, 0.1) is 5.82 Å². The molecule has 4 nitrogen and oxygen atoms in total. The summed E-state index contributed by atoms with van der Waals surface area (Å²) in [5.74, 6) is 1.16. The van der Waals surface area contributed by atoms with Gasteiger partial charge in [-0.1, -0.05) is 18.2 Å². The molecule has 1 N–H and O–H groups in total. The first-order valence-corrected chi connectivity index (χ1v) is 9.59. The molecule has 0 aliphatic rings. The van der Waals surface area contributed by atoms with Gasteiger partial charge in [0.15, 0.2) is 11.5 Å². The van der Waals surface area contributed by atoms with Crippen molar-refractivity contribution in [2.45, 2.75) is 10.6 Å². The Labute approximate surface area is 167 Å². The topological polar surface area (TPSA) is 47.6 Å². The van der Waals surface area contributed by atoms with Crippen LogP contribution >= 0.6 is 11.8 Å². The second-order valence-electron chi connectivity index (χ2n) is 5.93. The lowest BCUT2D eigenvalue weighted by Gasteiger charge is -2.10. The van der Waals surface area contributed by atoms with E-state index in [0.717, 1.165) is 4.90 Å². The number of carbonyl (C=O) groups excluding carboxylic acids is 1. The van der Waals surface area contributed by atoms with Gasteiger partial charge < -0.3 is 14.8 Å². The fourth-order valence-corrected chi connectivity index (χ4v) is 3.48. The Kier molecular flexibility index (Phi) is 6.55. The van der Waals surface area contributed by atoms with Crippen LogP contribution in [0.15, 0.2) is 71.6 Å². The Morgan fingerprint density at radius 2 is 1.68 bits per heavy atom. The number of halogens is 1. The molecule has 0 aliphatic heterocycles. The maximum absolute atomic E-state index is 13.7. The number of hydrogen-bond acceptors (Lipinski definition) is 4. The highest BCUT2D eigenvalue weighted by atomic mass is 32.2. The molecule has 0 saturated carbocycles. The van der Waals surface area contributed by atoms with Gasteiger partial charge >= 0.3 is 0 Å². The van der Waals surface area contributed by atoms with E-state index in [-0.39, 0.29) is 11.7 Å². The molecular weight excluding hydrogens is 377 g/mol. The van der Waals surface area contributed by atoms with E-state index in [4.69, 9.17) is 9.47 Å². The quantitative estimate of drug-likeness (QED) is 0.543. The second kappa shape index (κ2) is 9.28. The smallest absolute Gasteiger partial charge is 0.255 e. The molecule has 0 heterocycles. The number of hydrogen-bond donors (Lipinski definition) is 1. The fourth-order valence-electron chi connectivity index (χ4n) is 2.59. The first-order chi connectivity index (χ1) is 13.6. The van der Waals surface area contributed by atoms with Gasteiger partial charge in [-0.15, -0.1) is 11.8 Å². The van der Waals surface area contributed by atoms with Gasteiger partial charge in [-0.2, -0.15) is 0 Å². The molecule has 3 aromatic carbocycles. The average Bonchev–Trinajstić information content (AvgIpc) is 2.73. The molecule has 0 radical (unpaired) electrons. The normalized spacial score (nSPS) is 10.4. The molecule has 0 atom stereocenters. The van der Waals surface area contributed by atoms with Crippen LogP contribution in [-0.4, -0.2) is 20.1 Å². The highest BCUT2D eigenvalue weighted by molar-refractivity contribution is 7.98. The number of rotatable bonds is 7. The van der Waals surface area contributed by atoms with Crippen molar-refractivity contribution in [3.05, 3.63) is 83.7 Å². The molecule has 0 fully saturated rings. The molecule has 144 valence electrons. The van der Waals surface area contributed by atoms with Crippen LogP contribution in [-0.2, 0) is 5.75 Å². The zero-order valence-electron chi connectivity index (χ0n) is 15.6. The van der Waals surface area contributed by atoms with E-state index < -0.39 is 0 Å². The highest BCUT2D eigenvalue weighted by Gasteiger charge is 2.11. The maximum atomic E-state index is 13.7. The molecule has 0 aliphatic carbocycles. The largest absolute Gasteiger partial charge is 0.493 e. The standard InChI is InChI=1S/C22H20FNO3S/c1-26-20-12-7-15(13-21(20)27-2)22(25)24-17-8-10-18(11-9-17)28-14-16-5-3-4-6-19(16)23/h3-13H,14H2,1-2H3,(H,24,25). The first kappa shape index (κ1) is 19.8. The van der Waals surface area contributed by atoms with E-state index >= 15 is 0 Å². The minimum absolute atomic E-state index is 0.200. The Balaban J connectivity index is 1.62. The van der Waals surface area contributed by atoms with E-state index in [1.165, 1.54) is 24.9 Å². The van der Waals surface area contributed by atoms with Crippen LogP contribution in [0.4, 0.5) is 10.1 Å². The van der Waals surface area contributed by atoms with Gasteiger partial charge in [0.2, 0.25) is 0 Å². The summed E-state index contributed by atoms with van der Waals surface area (Å²) in [5.41, 5.74) is 1.81. The third kappa shape index (κ3) is 4.84. The zero-order valence-corrected chi connectivity index (χ0v) is 16.4. The van der Waals surface area contributed by atoms with E-state index in [1.54, 1.807) is 37.4 Å². The van der Waals surface area contributed by atoms with E-state index in [2.05, 4.69) is 5.32 Å². The lowest BCUT2D eigenvalue weighted by Crippen LogP contribution is -2.12. The van der Waals surface area contributed by atoms with Crippen molar-refractivity contribution in [2.24, 2.45) is 0 Å². The Bertz CT molecular complexity index is 960. The predicted molar refractivity (Wildman–Crippen MR) is 110 cm³/mol. The van der Waals surface area contributed by atoms with E-state index in [0.29, 0.717) is 34.1 Å². The summed E-state index contributed by atoms with van der Waals surface area (Å²) in [7, 11) is 3.07. The molecule has 6 heteroatoms. The minimum Gasteiger partial charge on any atom is -0.493 e. The summed E-state index contributed by atoms with van der Waals surface area (Å²) in [6, 6.07) is 19.2. The summed E-state index contributed by atoms with van der Waals surface area (Å²) in [5, 5.41) is 2.85. The van der Waals surface area contributed by atoms with Gasteiger partial charge in [-0.3, -0.25) is 4.79 Å². The van der Waals surface area contributed by atoms with Crippen LogP contribution < -0.4 is 14.8 Å². The van der Waals surface area contributed by atoms with Crippen molar-refractivity contribution >= 4 is 23.4 Å². The average molecular weight is 397 g/mol. The summed E-state index contributed by atoms with van der Waals surface area (Å²) in [6.45, 7) is 0. The van der Waals surface area contributed by atoms with Crippen LogP contribution in [0.25, 0.3) is 0 Å². The molecule has 0 bridgehead atoms. The molecule has 3 aromatic rings. The molecule has 0 saturated heterocycles. The monoisotopic (exact) mass is 397 g/mol. The van der Waals surface area contributed by atoms with Gasteiger partial charge in [0.1, 0.15) is 5.82 Å². The molecule has 1 amide bonds. The molecule has 0 spiro atoms. The molecule has 28 heavy (non-hydrogen) atoms. The van der Waals surface area contributed by atoms with Crippen LogP contribution in [0.5, 0.6) is 11.5 Å². The number of anilines is 1. The number of nitrogens with one attached hydrogen (secondary N) is 1. The van der Waals surface area contributed by atoms with Gasteiger partial charge in [-0.05, 0) is 54.1 Å². The first-order valence-electron chi connectivity index (χ1n) is 8.60. The van der Waals surface area contributed by atoms with Gasteiger partial charge in [-0.25, -0.2) is 4.39 Å². The number of ether oxygens (including phenoxy) is 2. The molecule has 3 rings (SSSR count). The van der Waals surface area contributed by atoms with Gasteiger partial charge in [0.25, 0.3) is 5.91 Å². The highest BCUT2D eigenvalue weighted by Crippen LogP contribution is 2.28. The van der Waals surface area contributed by atoms with Gasteiger partial charge in [0, 0.05) is 21.9 Å². The van der Waals surface area contributed by atoms with Crippen molar-refractivity contribution in [1.29, 1.82) is 0 Å². The third-order valence-electron chi connectivity index (χ3n) is 4.11. The Morgan fingerprint density at radius 3 is 2.36 bits per heavy atom. The van der Waals surface area contributed by atoms with Gasteiger partial charge in [0.05, 0.1) is 14.2 Å². The van der Waals surface area contributed by atoms with E-state index in [1.807, 2.05) is 30.3 Å². The SMILES string of the molecule is COc1ccc(C(=O)Nc2ccc(SCc3ccccc3F)cc2)cc1OC. The van der Waals surface area contributed by atoms with Crippen molar-refractivity contribution in [3.8, 4) is 11.5 Å².